The molecule has 0 saturated carbocycles. The molecule has 0 amide bonds. The van der Waals surface area contributed by atoms with Crippen LogP contribution in [0.2, 0.25) is 0 Å². The van der Waals surface area contributed by atoms with Crippen LogP contribution in [0.3, 0.4) is 0 Å². The summed E-state index contributed by atoms with van der Waals surface area (Å²) in [5, 5.41) is 84.1. The van der Waals surface area contributed by atoms with Gasteiger partial charge in [-0.15, -0.1) is 0 Å². The van der Waals surface area contributed by atoms with E-state index in [4.69, 9.17) is 23.4 Å². The lowest BCUT2D eigenvalue weighted by molar-refractivity contribution is -0.338. The summed E-state index contributed by atoms with van der Waals surface area (Å²) in [6.07, 6.45) is -15.9. The Labute approximate surface area is 238 Å². The van der Waals surface area contributed by atoms with Crippen LogP contribution in [0.5, 0.6) is 17.2 Å². The Bertz CT molecular complexity index is 1470. The van der Waals surface area contributed by atoms with E-state index in [9.17, 15) is 45.6 Å². The number of aliphatic hydroxyl groups excluding tert-OH is 6. The van der Waals surface area contributed by atoms with Crippen molar-refractivity contribution in [1.82, 2.24) is 0 Å². The van der Waals surface area contributed by atoms with Gasteiger partial charge >= 0.3 is 0 Å². The van der Waals surface area contributed by atoms with Gasteiger partial charge in [0.1, 0.15) is 82.8 Å². The van der Waals surface area contributed by atoms with E-state index in [1.54, 1.807) is 24.3 Å². The lowest BCUT2D eigenvalue weighted by Crippen LogP contribution is -2.62. The molecule has 10 atom stereocenters. The van der Waals surface area contributed by atoms with Crippen molar-refractivity contribution in [2.45, 2.75) is 68.1 Å². The van der Waals surface area contributed by atoms with Gasteiger partial charge in [-0.05, 0) is 31.2 Å². The molecule has 0 aliphatic carbocycles. The maximum atomic E-state index is 13.1. The first-order chi connectivity index (χ1) is 20.0. The van der Waals surface area contributed by atoms with Gasteiger partial charge in [0.15, 0.2) is 11.7 Å². The molecular weight excluding hydrogens is 560 g/mol. The number of ether oxygens (including phenoxy) is 4. The van der Waals surface area contributed by atoms with Gasteiger partial charge in [-0.25, -0.2) is 0 Å². The summed E-state index contributed by atoms with van der Waals surface area (Å²) >= 11 is 0. The van der Waals surface area contributed by atoms with E-state index in [1.165, 1.54) is 14.0 Å². The summed E-state index contributed by atoms with van der Waals surface area (Å²) in [6, 6.07) is 8.80. The minimum Gasteiger partial charge on any atom is -0.507 e. The van der Waals surface area contributed by atoms with Gasteiger partial charge in [0, 0.05) is 17.7 Å². The van der Waals surface area contributed by atoms with E-state index < -0.39 is 90.3 Å². The molecule has 3 aromatic rings. The molecule has 0 radical (unpaired) electrons. The van der Waals surface area contributed by atoms with E-state index in [0.717, 1.165) is 12.1 Å². The Morgan fingerprint density at radius 2 is 1.57 bits per heavy atom. The lowest BCUT2D eigenvalue weighted by Gasteiger charge is -2.46. The van der Waals surface area contributed by atoms with Crippen LogP contribution in [0.25, 0.3) is 22.3 Å². The second-order valence-electron chi connectivity index (χ2n) is 10.3. The van der Waals surface area contributed by atoms with Crippen molar-refractivity contribution in [3.8, 4) is 28.6 Å². The average molecular weight is 593 g/mol. The second kappa shape index (κ2) is 11.8. The molecule has 8 N–H and O–H groups in total. The minimum atomic E-state index is -1.88. The van der Waals surface area contributed by atoms with Crippen molar-refractivity contribution in [1.29, 1.82) is 0 Å². The van der Waals surface area contributed by atoms with Gasteiger partial charge in [-0.1, -0.05) is 0 Å². The molecule has 2 saturated heterocycles. The number of phenols is 2. The number of rotatable bonds is 6. The second-order valence-corrected chi connectivity index (χ2v) is 10.3. The molecule has 4 unspecified atom stereocenters. The fourth-order valence-corrected chi connectivity index (χ4v) is 5.25. The molecule has 14 nitrogen and oxygen atoms in total. The zero-order chi connectivity index (χ0) is 30.5. The topological polar surface area (TPSA) is 229 Å². The highest BCUT2D eigenvalue weighted by Crippen LogP contribution is 2.45. The van der Waals surface area contributed by atoms with Crippen molar-refractivity contribution in [3.05, 3.63) is 52.2 Å². The first-order valence-corrected chi connectivity index (χ1v) is 13.1. The average Bonchev–Trinajstić information content (AvgIpc) is 2.97. The third kappa shape index (κ3) is 5.21. The van der Waals surface area contributed by atoms with Gasteiger partial charge < -0.3 is 64.2 Å². The van der Waals surface area contributed by atoms with Crippen LogP contribution in [-0.4, -0.2) is 110 Å². The third-order valence-electron chi connectivity index (χ3n) is 7.63. The zero-order valence-electron chi connectivity index (χ0n) is 22.5. The summed E-state index contributed by atoms with van der Waals surface area (Å²) in [4.78, 5) is 13.1. The predicted molar refractivity (Wildman–Crippen MR) is 142 cm³/mol. The Morgan fingerprint density at radius 1 is 0.881 bits per heavy atom. The van der Waals surface area contributed by atoms with Crippen molar-refractivity contribution >= 4 is 11.0 Å². The molecule has 228 valence electrons. The minimum absolute atomic E-state index is 0.139. The van der Waals surface area contributed by atoms with Crippen molar-refractivity contribution in [3.63, 3.8) is 0 Å². The van der Waals surface area contributed by atoms with Crippen LogP contribution in [0, 0.1) is 0 Å². The van der Waals surface area contributed by atoms with Crippen LogP contribution >= 0.6 is 0 Å². The SMILES string of the molecule is COc1ccc(-c2cc(=O)c3c(O)c([C@@H]4OC(CO)[C@@H](O)[C@H](O[C@@H]5OC(C)[C@H](O)C(O)[C@@H]5O)C4O)c(O)cc3o2)cc1. The van der Waals surface area contributed by atoms with Crippen molar-refractivity contribution in [2.75, 3.05) is 13.7 Å². The number of benzene rings is 2. The Kier molecular flexibility index (Phi) is 8.44. The molecule has 2 aliphatic rings. The van der Waals surface area contributed by atoms with E-state index in [0.29, 0.717) is 11.3 Å². The zero-order valence-corrected chi connectivity index (χ0v) is 22.5. The summed E-state index contributed by atoms with van der Waals surface area (Å²) in [5.41, 5.74) is -0.794. The van der Waals surface area contributed by atoms with E-state index >= 15 is 0 Å². The van der Waals surface area contributed by atoms with E-state index in [1.807, 2.05) is 0 Å². The maximum Gasteiger partial charge on any atom is 0.197 e. The molecule has 3 heterocycles. The monoisotopic (exact) mass is 592 g/mol. The summed E-state index contributed by atoms with van der Waals surface area (Å²) in [5.74, 6) is -0.710. The van der Waals surface area contributed by atoms with Crippen LogP contribution in [0.1, 0.15) is 18.6 Å². The molecule has 2 aromatic carbocycles. The smallest absolute Gasteiger partial charge is 0.197 e. The molecule has 0 spiro atoms. The van der Waals surface area contributed by atoms with Crippen LogP contribution < -0.4 is 10.2 Å². The highest BCUT2D eigenvalue weighted by Gasteiger charge is 2.51. The fourth-order valence-electron chi connectivity index (χ4n) is 5.25. The van der Waals surface area contributed by atoms with Crippen LogP contribution in [0.15, 0.2) is 45.6 Å². The summed E-state index contributed by atoms with van der Waals surface area (Å²) in [7, 11) is 1.50. The van der Waals surface area contributed by atoms with Crippen molar-refractivity contribution in [2.24, 2.45) is 0 Å². The molecule has 42 heavy (non-hydrogen) atoms. The summed E-state index contributed by atoms with van der Waals surface area (Å²) in [6.45, 7) is 0.613. The highest BCUT2D eigenvalue weighted by atomic mass is 16.7. The summed E-state index contributed by atoms with van der Waals surface area (Å²) < 4.78 is 27.6. The largest absolute Gasteiger partial charge is 0.507 e. The maximum absolute atomic E-state index is 13.1. The van der Waals surface area contributed by atoms with Crippen LogP contribution in [-0.2, 0) is 14.2 Å². The Hall–Kier alpha value is -3.31. The number of methoxy groups -OCH3 is 1. The Balaban J connectivity index is 1.52. The number of fused-ring (bicyclic) bond motifs is 1. The number of hydrogen-bond donors (Lipinski definition) is 8. The molecule has 1 aromatic heterocycles. The number of aliphatic hydroxyl groups is 6. The third-order valence-corrected chi connectivity index (χ3v) is 7.63. The number of aromatic hydroxyl groups is 2. The number of phenolic OH excluding ortho intramolecular Hbond substituents is 2. The Morgan fingerprint density at radius 3 is 2.21 bits per heavy atom. The van der Waals surface area contributed by atoms with Gasteiger partial charge in [-0.3, -0.25) is 4.79 Å². The van der Waals surface area contributed by atoms with Crippen LogP contribution in [0.4, 0.5) is 0 Å². The van der Waals surface area contributed by atoms with Gasteiger partial charge in [0.2, 0.25) is 0 Å². The lowest BCUT2D eigenvalue weighted by atomic mass is 9.89. The molecule has 2 aliphatic heterocycles. The predicted octanol–water partition coefficient (Wildman–Crippen LogP) is -0.754. The first-order valence-electron chi connectivity index (χ1n) is 13.1. The number of hydrogen-bond acceptors (Lipinski definition) is 14. The van der Waals surface area contributed by atoms with Gasteiger partial charge in [-0.2, -0.15) is 0 Å². The van der Waals surface area contributed by atoms with E-state index in [-0.39, 0.29) is 16.7 Å². The molecular formula is C28H32O14. The van der Waals surface area contributed by atoms with E-state index in [2.05, 4.69) is 0 Å². The molecule has 14 heteroatoms. The fraction of sp³-hybridized carbons (Fsp3) is 0.464. The first kappa shape index (κ1) is 30.2. The van der Waals surface area contributed by atoms with Gasteiger partial charge in [0.05, 0.1) is 25.4 Å². The van der Waals surface area contributed by atoms with Gasteiger partial charge in [0.25, 0.3) is 0 Å². The quantitative estimate of drug-likeness (QED) is 0.176. The highest BCUT2D eigenvalue weighted by molar-refractivity contribution is 5.88. The standard InChI is InChI=1S/C28H32O14/c1-10-20(32)23(35)24(36)28(39-10)42-27-21(33)17(9-29)41-26(25(27)37)19-14(31)8-16-18(22(19)34)13(30)7-15(40-16)11-3-5-12(38-2)6-4-11/h3-8,10,17,20-21,23-29,31-37H,9H2,1-2H3/t10?,17?,20-,21+,23?,24-,25?,26-,27-,28-/m0/s1. The van der Waals surface area contributed by atoms with Crippen molar-refractivity contribution < 1.29 is 64.2 Å². The molecule has 2 fully saturated rings. The molecule has 5 rings (SSSR count). The molecule has 0 bridgehead atoms. The normalized spacial score (nSPS) is 33.5.